The molecule has 0 bridgehead atoms. The van der Waals surface area contributed by atoms with Gasteiger partial charge in [-0.05, 0) is 42.7 Å². The summed E-state index contributed by atoms with van der Waals surface area (Å²) in [6.45, 7) is 1.75. The van der Waals surface area contributed by atoms with Gasteiger partial charge in [0.15, 0.2) is 0 Å². The first kappa shape index (κ1) is 13.0. The van der Waals surface area contributed by atoms with Crippen LogP contribution in [0.5, 0.6) is 0 Å². The van der Waals surface area contributed by atoms with Crippen LogP contribution in [-0.4, -0.2) is 10.6 Å². The Kier molecular flexibility index (Phi) is 3.83. The molecule has 0 spiro atoms. The molecular weight excluding hydrogens is 279 g/mol. The van der Waals surface area contributed by atoms with E-state index < -0.39 is 0 Å². The average Bonchev–Trinajstić information content (AvgIpc) is 3.12. The van der Waals surface area contributed by atoms with Gasteiger partial charge >= 0.3 is 0 Å². The first-order valence-corrected chi connectivity index (χ1v) is 7.29. The fourth-order valence-corrected chi connectivity index (χ4v) is 2.46. The van der Waals surface area contributed by atoms with E-state index in [-0.39, 0.29) is 0 Å². The second-order valence-electron chi connectivity index (χ2n) is 5.03. The van der Waals surface area contributed by atoms with E-state index in [0.29, 0.717) is 10.0 Å². The number of rotatable bonds is 5. The average molecular weight is 295 g/mol. The molecule has 4 heteroatoms. The van der Waals surface area contributed by atoms with E-state index >= 15 is 0 Å². The predicted octanol–water partition coefficient (Wildman–Crippen LogP) is 4.10. The van der Waals surface area contributed by atoms with Crippen molar-refractivity contribution in [3.8, 4) is 0 Å². The van der Waals surface area contributed by atoms with Crippen LogP contribution >= 0.6 is 23.2 Å². The fourth-order valence-electron chi connectivity index (χ4n) is 2.14. The third-order valence-electron chi connectivity index (χ3n) is 3.41. The molecular formula is C15H16Cl2N2. The number of halogens is 2. The number of nitrogens with zero attached hydrogens (tertiary/aromatic N) is 1. The van der Waals surface area contributed by atoms with Gasteiger partial charge in [0.25, 0.3) is 0 Å². The van der Waals surface area contributed by atoms with E-state index in [9.17, 15) is 0 Å². The lowest BCUT2D eigenvalue weighted by Crippen LogP contribution is -2.18. The van der Waals surface area contributed by atoms with Crippen LogP contribution in [0.25, 0.3) is 0 Å². The van der Waals surface area contributed by atoms with Gasteiger partial charge in [0.2, 0.25) is 0 Å². The summed E-state index contributed by atoms with van der Waals surface area (Å²) in [6, 6.07) is 10.8. The minimum absolute atomic E-state index is 0.605. The Bertz CT molecular complexity index is 573. The Labute approximate surface area is 123 Å². The van der Waals surface area contributed by atoms with Crippen molar-refractivity contribution in [3.63, 3.8) is 0 Å². The highest BCUT2D eigenvalue weighted by atomic mass is 35.5. The molecule has 0 aliphatic heterocycles. The Hall–Kier alpha value is -0.960. The second kappa shape index (κ2) is 5.58. The number of aromatic nitrogens is 1. The van der Waals surface area contributed by atoms with Gasteiger partial charge in [-0.1, -0.05) is 29.3 Å². The Morgan fingerprint density at radius 1 is 1.16 bits per heavy atom. The molecule has 1 aromatic carbocycles. The molecule has 1 fully saturated rings. The molecule has 2 nitrogen and oxygen atoms in total. The van der Waals surface area contributed by atoms with Crippen molar-refractivity contribution in [2.45, 2.75) is 32.0 Å². The number of nitrogens with one attached hydrogen (secondary N) is 1. The molecule has 1 aliphatic rings. The summed E-state index contributed by atoms with van der Waals surface area (Å²) in [4.78, 5) is 0. The quantitative estimate of drug-likeness (QED) is 0.879. The summed E-state index contributed by atoms with van der Waals surface area (Å²) in [7, 11) is 0. The van der Waals surface area contributed by atoms with Gasteiger partial charge in [-0.3, -0.25) is 0 Å². The SMILES string of the molecule is Clc1ccc(Cn2cccc2CNC2CC2)cc1Cl. The highest BCUT2D eigenvalue weighted by molar-refractivity contribution is 6.42. The largest absolute Gasteiger partial charge is 0.346 e. The maximum atomic E-state index is 6.05. The molecule has 2 aromatic rings. The van der Waals surface area contributed by atoms with Gasteiger partial charge in [0, 0.05) is 31.0 Å². The molecule has 100 valence electrons. The van der Waals surface area contributed by atoms with Crippen molar-refractivity contribution < 1.29 is 0 Å². The zero-order chi connectivity index (χ0) is 13.2. The van der Waals surface area contributed by atoms with E-state index in [0.717, 1.165) is 19.1 Å². The molecule has 1 aliphatic carbocycles. The smallest absolute Gasteiger partial charge is 0.0595 e. The van der Waals surface area contributed by atoms with Crippen molar-refractivity contribution in [1.29, 1.82) is 0 Å². The summed E-state index contributed by atoms with van der Waals surface area (Å²) < 4.78 is 2.24. The molecule has 0 unspecified atom stereocenters. The van der Waals surface area contributed by atoms with Crippen LogP contribution in [0.2, 0.25) is 10.0 Å². The Balaban J connectivity index is 1.71. The van der Waals surface area contributed by atoms with Crippen molar-refractivity contribution in [3.05, 3.63) is 57.8 Å². The summed E-state index contributed by atoms with van der Waals surface area (Å²) in [5.74, 6) is 0. The van der Waals surface area contributed by atoms with Gasteiger partial charge < -0.3 is 9.88 Å². The van der Waals surface area contributed by atoms with Gasteiger partial charge in [0.1, 0.15) is 0 Å². The van der Waals surface area contributed by atoms with Crippen LogP contribution in [0.1, 0.15) is 24.1 Å². The summed E-state index contributed by atoms with van der Waals surface area (Å²) in [6.07, 6.45) is 4.73. The Morgan fingerprint density at radius 3 is 2.74 bits per heavy atom. The third-order valence-corrected chi connectivity index (χ3v) is 4.15. The van der Waals surface area contributed by atoms with Crippen LogP contribution in [0.3, 0.4) is 0 Å². The third kappa shape index (κ3) is 3.33. The minimum Gasteiger partial charge on any atom is -0.346 e. The van der Waals surface area contributed by atoms with Crippen LogP contribution < -0.4 is 5.32 Å². The van der Waals surface area contributed by atoms with Gasteiger partial charge in [0.05, 0.1) is 10.0 Å². The monoisotopic (exact) mass is 294 g/mol. The fraction of sp³-hybridized carbons (Fsp3) is 0.333. The summed E-state index contributed by atoms with van der Waals surface area (Å²) in [5.41, 5.74) is 2.47. The predicted molar refractivity (Wildman–Crippen MR) is 79.9 cm³/mol. The van der Waals surface area contributed by atoms with Crippen LogP contribution in [0, 0.1) is 0 Å². The molecule has 1 saturated carbocycles. The lowest BCUT2D eigenvalue weighted by molar-refractivity contribution is 0.634. The first-order chi connectivity index (χ1) is 9.22. The molecule has 19 heavy (non-hydrogen) atoms. The van der Waals surface area contributed by atoms with E-state index in [1.165, 1.54) is 24.1 Å². The van der Waals surface area contributed by atoms with E-state index in [2.05, 4.69) is 28.2 Å². The van der Waals surface area contributed by atoms with Gasteiger partial charge in [-0.15, -0.1) is 0 Å². The van der Waals surface area contributed by atoms with E-state index in [1.807, 2.05) is 18.2 Å². The number of benzene rings is 1. The molecule has 1 heterocycles. The van der Waals surface area contributed by atoms with Crippen molar-refractivity contribution in [2.75, 3.05) is 0 Å². The lowest BCUT2D eigenvalue weighted by Gasteiger charge is -2.10. The standard InChI is InChI=1S/C15H16Cl2N2/c16-14-6-3-11(8-15(14)17)10-19-7-1-2-13(19)9-18-12-4-5-12/h1-3,6-8,12,18H,4-5,9-10H2. The highest BCUT2D eigenvalue weighted by Crippen LogP contribution is 2.23. The van der Waals surface area contributed by atoms with E-state index in [1.54, 1.807) is 0 Å². The lowest BCUT2D eigenvalue weighted by atomic mass is 10.2. The van der Waals surface area contributed by atoms with Crippen LogP contribution in [-0.2, 0) is 13.1 Å². The molecule has 3 rings (SSSR count). The molecule has 1 aromatic heterocycles. The summed E-state index contributed by atoms with van der Waals surface area (Å²) >= 11 is 12.0. The van der Waals surface area contributed by atoms with E-state index in [4.69, 9.17) is 23.2 Å². The van der Waals surface area contributed by atoms with Crippen molar-refractivity contribution >= 4 is 23.2 Å². The molecule has 0 amide bonds. The molecule has 0 atom stereocenters. The number of hydrogen-bond acceptors (Lipinski definition) is 1. The molecule has 1 N–H and O–H groups in total. The number of hydrogen-bond donors (Lipinski definition) is 1. The van der Waals surface area contributed by atoms with Crippen LogP contribution in [0.4, 0.5) is 0 Å². The van der Waals surface area contributed by atoms with Gasteiger partial charge in [-0.2, -0.15) is 0 Å². The maximum absolute atomic E-state index is 6.05. The molecule has 0 radical (unpaired) electrons. The van der Waals surface area contributed by atoms with Gasteiger partial charge in [-0.25, -0.2) is 0 Å². The van der Waals surface area contributed by atoms with Crippen LogP contribution in [0.15, 0.2) is 36.5 Å². The normalized spacial score (nSPS) is 14.8. The summed E-state index contributed by atoms with van der Waals surface area (Å²) in [5, 5.41) is 4.76. The van der Waals surface area contributed by atoms with Crippen molar-refractivity contribution in [2.24, 2.45) is 0 Å². The first-order valence-electron chi connectivity index (χ1n) is 6.54. The topological polar surface area (TPSA) is 17.0 Å². The Morgan fingerprint density at radius 2 is 2.00 bits per heavy atom. The minimum atomic E-state index is 0.605. The molecule has 0 saturated heterocycles. The van der Waals surface area contributed by atoms with Crippen molar-refractivity contribution in [1.82, 2.24) is 9.88 Å². The second-order valence-corrected chi connectivity index (χ2v) is 5.85. The zero-order valence-corrected chi connectivity index (χ0v) is 12.1. The highest BCUT2D eigenvalue weighted by Gasteiger charge is 2.20. The zero-order valence-electron chi connectivity index (χ0n) is 10.6. The maximum Gasteiger partial charge on any atom is 0.0595 e.